The molecule has 10 nitrogen and oxygen atoms in total. The summed E-state index contributed by atoms with van der Waals surface area (Å²) in [5.74, 6) is -1.17. The first-order valence-electron chi connectivity index (χ1n) is 7.97. The van der Waals surface area contributed by atoms with E-state index in [0.717, 1.165) is 18.4 Å². The number of anilines is 1. The number of hydrogen-bond acceptors (Lipinski definition) is 11. The summed E-state index contributed by atoms with van der Waals surface area (Å²) >= 11 is 0.773. The fraction of sp³-hybridized carbons (Fsp3) is 0.312. The molecule has 0 aromatic carbocycles. The van der Waals surface area contributed by atoms with Gasteiger partial charge in [-0.15, -0.1) is 11.3 Å². The predicted molar refractivity (Wildman–Crippen MR) is 106 cm³/mol. The lowest BCUT2D eigenvalue weighted by Gasteiger charge is -2.09. The highest BCUT2D eigenvalue weighted by atomic mass is 32.2. The summed E-state index contributed by atoms with van der Waals surface area (Å²) in [6.07, 6.45) is 1.32. The second-order valence-corrected chi connectivity index (χ2v) is 11.1. The number of hydrazone groups is 1. The van der Waals surface area contributed by atoms with Gasteiger partial charge < -0.3 is 9.15 Å². The van der Waals surface area contributed by atoms with Crippen LogP contribution in [0.2, 0.25) is 0 Å². The molecule has 0 aliphatic carbocycles. The van der Waals surface area contributed by atoms with Gasteiger partial charge in [-0.05, 0) is 26.0 Å². The van der Waals surface area contributed by atoms with Crippen molar-refractivity contribution in [2.24, 2.45) is 5.10 Å². The molecular formula is C16H17N3O7S3. The van der Waals surface area contributed by atoms with Crippen LogP contribution in [0, 0.1) is 11.3 Å². The van der Waals surface area contributed by atoms with Gasteiger partial charge >= 0.3 is 5.97 Å². The SMILES string of the molecule is COC(=O)c1scc(S(=O)(=O)Cc2ccco2)c1N/N=C(/C#N)S(=O)(=O)C(C)C. The maximum absolute atomic E-state index is 12.8. The Balaban J connectivity index is 2.55. The van der Waals surface area contributed by atoms with Crippen LogP contribution < -0.4 is 5.43 Å². The summed E-state index contributed by atoms with van der Waals surface area (Å²) in [4.78, 5) is 11.6. The molecule has 0 aliphatic rings. The molecule has 0 bridgehead atoms. The van der Waals surface area contributed by atoms with Crippen LogP contribution >= 0.6 is 11.3 Å². The highest BCUT2D eigenvalue weighted by Gasteiger charge is 2.29. The van der Waals surface area contributed by atoms with Crippen LogP contribution in [0.4, 0.5) is 5.69 Å². The number of furan rings is 1. The first-order chi connectivity index (χ1) is 13.5. The maximum Gasteiger partial charge on any atom is 0.350 e. The lowest BCUT2D eigenvalue weighted by molar-refractivity contribution is 0.0607. The largest absolute Gasteiger partial charge is 0.468 e. The van der Waals surface area contributed by atoms with E-state index in [0.29, 0.717) is 0 Å². The Hall–Kier alpha value is -2.69. The summed E-state index contributed by atoms with van der Waals surface area (Å²) in [7, 11) is -6.91. The van der Waals surface area contributed by atoms with Crippen molar-refractivity contribution in [3.8, 4) is 6.07 Å². The number of thiophene rings is 1. The minimum atomic E-state index is -4.02. The molecule has 29 heavy (non-hydrogen) atoms. The second-order valence-electron chi connectivity index (χ2n) is 5.87. The number of rotatable bonds is 7. The monoisotopic (exact) mass is 459 g/mol. The van der Waals surface area contributed by atoms with E-state index in [1.54, 1.807) is 0 Å². The van der Waals surface area contributed by atoms with E-state index in [4.69, 9.17) is 9.68 Å². The Morgan fingerprint density at radius 1 is 1.38 bits per heavy atom. The van der Waals surface area contributed by atoms with E-state index in [2.05, 4.69) is 15.3 Å². The molecule has 0 amide bonds. The topological polar surface area (TPSA) is 156 Å². The minimum Gasteiger partial charge on any atom is -0.468 e. The number of esters is 1. The zero-order valence-electron chi connectivity index (χ0n) is 15.6. The van der Waals surface area contributed by atoms with Gasteiger partial charge in [0.05, 0.1) is 18.6 Å². The lowest BCUT2D eigenvalue weighted by Crippen LogP contribution is -2.23. The molecule has 13 heteroatoms. The minimum absolute atomic E-state index is 0.145. The van der Waals surface area contributed by atoms with Gasteiger partial charge in [-0.2, -0.15) is 10.4 Å². The van der Waals surface area contributed by atoms with Crippen LogP contribution in [0.15, 0.2) is 38.2 Å². The number of nitrogens with zero attached hydrogens (tertiary/aromatic N) is 2. The molecule has 0 saturated carbocycles. The summed E-state index contributed by atoms with van der Waals surface area (Å²) < 4.78 is 59.6. The third-order valence-corrected chi connectivity index (χ3v) is 8.36. The highest BCUT2D eigenvalue weighted by molar-refractivity contribution is 8.07. The van der Waals surface area contributed by atoms with Crippen LogP contribution in [0.25, 0.3) is 0 Å². The Morgan fingerprint density at radius 2 is 2.07 bits per heavy atom. The number of carbonyl (C=O) groups is 1. The summed E-state index contributed by atoms with van der Waals surface area (Å²) in [6, 6.07) is 4.46. The van der Waals surface area contributed by atoms with Gasteiger partial charge in [0, 0.05) is 5.38 Å². The molecule has 2 rings (SSSR count). The molecular weight excluding hydrogens is 442 g/mol. The molecule has 0 saturated heterocycles. The molecule has 0 spiro atoms. The number of nitrogens with one attached hydrogen (secondary N) is 1. The zero-order chi connectivity index (χ0) is 21.8. The quantitative estimate of drug-likeness (QED) is 0.284. The van der Waals surface area contributed by atoms with Gasteiger partial charge in [-0.1, -0.05) is 0 Å². The molecule has 1 N–H and O–H groups in total. The van der Waals surface area contributed by atoms with Crippen LogP contribution in [0.5, 0.6) is 0 Å². The van der Waals surface area contributed by atoms with Crippen molar-refractivity contribution in [1.82, 2.24) is 0 Å². The normalized spacial score (nSPS) is 12.6. The number of hydrogen-bond donors (Lipinski definition) is 1. The number of ether oxygens (including phenoxy) is 1. The van der Waals surface area contributed by atoms with Crippen molar-refractivity contribution in [1.29, 1.82) is 5.26 Å². The molecule has 0 radical (unpaired) electrons. The van der Waals surface area contributed by atoms with Crippen molar-refractivity contribution >= 4 is 47.7 Å². The van der Waals surface area contributed by atoms with E-state index in [1.165, 1.54) is 43.7 Å². The summed E-state index contributed by atoms with van der Waals surface area (Å²) in [5, 5.41) is 12.1. The van der Waals surface area contributed by atoms with Gasteiger partial charge in [0.15, 0.2) is 9.84 Å². The van der Waals surface area contributed by atoms with Gasteiger partial charge in [0.1, 0.15) is 33.0 Å². The Kier molecular flexibility index (Phi) is 6.83. The maximum atomic E-state index is 12.8. The fourth-order valence-electron chi connectivity index (χ4n) is 2.06. The first-order valence-corrected chi connectivity index (χ1v) is 12.0. The highest BCUT2D eigenvalue weighted by Crippen LogP contribution is 2.34. The zero-order valence-corrected chi connectivity index (χ0v) is 18.0. The fourth-order valence-corrected chi connectivity index (χ4v) is 5.55. The molecule has 156 valence electrons. The van der Waals surface area contributed by atoms with E-state index < -0.39 is 41.7 Å². The van der Waals surface area contributed by atoms with Crippen LogP contribution in [-0.4, -0.2) is 40.2 Å². The number of carbonyl (C=O) groups excluding carboxylic acids is 1. The molecule has 2 heterocycles. The predicted octanol–water partition coefficient (Wildman–Crippen LogP) is 2.17. The van der Waals surface area contributed by atoms with Crippen LogP contribution in [-0.2, 0) is 30.2 Å². The van der Waals surface area contributed by atoms with Crippen molar-refractivity contribution in [2.45, 2.75) is 29.7 Å². The molecule has 2 aromatic rings. The van der Waals surface area contributed by atoms with Crippen molar-refractivity contribution < 1.29 is 30.8 Å². The Labute approximate surface area is 171 Å². The second kappa shape index (κ2) is 8.76. The van der Waals surface area contributed by atoms with E-state index in [9.17, 15) is 21.6 Å². The van der Waals surface area contributed by atoms with Crippen molar-refractivity contribution in [2.75, 3.05) is 12.5 Å². The molecule has 0 fully saturated rings. The van der Waals surface area contributed by atoms with E-state index in [-0.39, 0.29) is 21.2 Å². The standard InChI is InChI=1S/C16H17N3O7S3/c1-10(2)29(23,24)13(7-17)18-19-14-12(8-27-15(14)16(20)25-3)28(21,22)9-11-5-4-6-26-11/h4-6,8,10,19H,9H2,1-3H3/b18-13-. The third kappa shape index (κ3) is 4.84. The van der Waals surface area contributed by atoms with E-state index in [1.807, 2.05) is 0 Å². The smallest absolute Gasteiger partial charge is 0.350 e. The van der Waals surface area contributed by atoms with Gasteiger partial charge in [-0.3, -0.25) is 5.43 Å². The van der Waals surface area contributed by atoms with Gasteiger partial charge in [0.2, 0.25) is 9.84 Å². The Bertz CT molecular complexity index is 1170. The van der Waals surface area contributed by atoms with Crippen LogP contribution in [0.1, 0.15) is 29.3 Å². The van der Waals surface area contributed by atoms with E-state index >= 15 is 0 Å². The summed E-state index contributed by atoms with van der Waals surface area (Å²) in [6.45, 7) is 2.73. The number of methoxy groups -OCH3 is 1. The lowest BCUT2D eigenvalue weighted by atomic mass is 10.4. The number of sulfone groups is 2. The number of nitriles is 1. The Morgan fingerprint density at radius 3 is 2.59 bits per heavy atom. The molecule has 2 aromatic heterocycles. The molecule has 0 unspecified atom stereocenters. The van der Waals surface area contributed by atoms with Crippen molar-refractivity contribution in [3.05, 3.63) is 34.4 Å². The van der Waals surface area contributed by atoms with Crippen LogP contribution in [0.3, 0.4) is 0 Å². The molecule has 0 atom stereocenters. The van der Waals surface area contributed by atoms with Crippen molar-refractivity contribution in [3.63, 3.8) is 0 Å². The average Bonchev–Trinajstić information content (AvgIpc) is 3.30. The summed E-state index contributed by atoms with van der Waals surface area (Å²) in [5.41, 5.74) is 1.98. The first kappa shape index (κ1) is 22.6. The average molecular weight is 460 g/mol. The third-order valence-electron chi connectivity index (χ3n) is 3.63. The van der Waals surface area contributed by atoms with Gasteiger partial charge in [-0.25, -0.2) is 21.6 Å². The van der Waals surface area contributed by atoms with Gasteiger partial charge in [0.25, 0.3) is 5.04 Å². The molecule has 0 aliphatic heterocycles.